The highest BCUT2D eigenvalue weighted by molar-refractivity contribution is 5.36. The predicted octanol–water partition coefficient (Wildman–Crippen LogP) is 1.71. The fourth-order valence-corrected chi connectivity index (χ4v) is 2.40. The van der Waals surface area contributed by atoms with Crippen LogP contribution in [0, 0.1) is 0 Å². The zero-order valence-corrected chi connectivity index (χ0v) is 9.21. The van der Waals surface area contributed by atoms with Gasteiger partial charge in [-0.2, -0.15) is 5.10 Å². The van der Waals surface area contributed by atoms with Crippen molar-refractivity contribution in [2.24, 2.45) is 5.73 Å². The summed E-state index contributed by atoms with van der Waals surface area (Å²) >= 11 is 0. The number of nitrogens with zero attached hydrogens (tertiary/aromatic N) is 3. The Bertz CT molecular complexity index is 449. The van der Waals surface area contributed by atoms with E-state index in [4.69, 9.17) is 5.73 Å². The van der Waals surface area contributed by atoms with Crippen LogP contribution in [0.3, 0.4) is 0 Å². The maximum Gasteiger partial charge on any atom is 0.155 e. The lowest BCUT2D eigenvalue weighted by Gasteiger charge is -2.23. The molecule has 0 aromatic carbocycles. The number of pyridine rings is 1. The summed E-state index contributed by atoms with van der Waals surface area (Å²) in [4.78, 5) is 4.57. The number of fused-ring (bicyclic) bond motifs is 1. The largest absolute Gasteiger partial charge is 0.328 e. The van der Waals surface area contributed by atoms with Gasteiger partial charge < -0.3 is 5.73 Å². The third-order valence-corrected chi connectivity index (χ3v) is 3.39. The first-order valence-corrected chi connectivity index (χ1v) is 5.90. The minimum absolute atomic E-state index is 0.383. The first-order valence-electron chi connectivity index (χ1n) is 5.90. The predicted molar refractivity (Wildman–Crippen MR) is 62.2 cm³/mol. The van der Waals surface area contributed by atoms with Crippen molar-refractivity contribution in [3.63, 3.8) is 0 Å². The van der Waals surface area contributed by atoms with Crippen LogP contribution in [0.4, 0.5) is 0 Å². The Morgan fingerprint density at radius 3 is 2.75 bits per heavy atom. The molecule has 1 aliphatic carbocycles. The van der Waals surface area contributed by atoms with E-state index in [-0.39, 0.29) is 0 Å². The molecule has 1 fully saturated rings. The van der Waals surface area contributed by atoms with E-state index in [0.29, 0.717) is 12.0 Å². The molecular weight excluding hydrogens is 200 g/mol. The summed E-state index contributed by atoms with van der Waals surface area (Å²) in [5.74, 6) is 1.48. The van der Waals surface area contributed by atoms with E-state index in [2.05, 4.69) is 10.1 Å². The first kappa shape index (κ1) is 9.78. The summed E-state index contributed by atoms with van der Waals surface area (Å²) in [6, 6.07) is 6.34. The van der Waals surface area contributed by atoms with Gasteiger partial charge in [-0.1, -0.05) is 6.07 Å². The smallest absolute Gasteiger partial charge is 0.155 e. The Labute approximate surface area is 94.5 Å². The molecule has 1 aliphatic rings. The molecule has 4 nitrogen and oxygen atoms in total. The van der Waals surface area contributed by atoms with Gasteiger partial charge in [0.15, 0.2) is 11.5 Å². The number of hydrogen-bond donors (Lipinski definition) is 1. The molecular formula is C12H16N4. The van der Waals surface area contributed by atoms with Crippen LogP contribution < -0.4 is 5.73 Å². The van der Waals surface area contributed by atoms with E-state index in [9.17, 15) is 0 Å². The molecule has 2 aromatic heterocycles. The van der Waals surface area contributed by atoms with Gasteiger partial charge in [0.1, 0.15) is 0 Å². The van der Waals surface area contributed by atoms with Crippen LogP contribution in [0.15, 0.2) is 24.4 Å². The quantitative estimate of drug-likeness (QED) is 0.789. The lowest BCUT2D eigenvalue weighted by atomic mass is 9.86. The van der Waals surface area contributed by atoms with E-state index in [1.807, 2.05) is 28.9 Å². The van der Waals surface area contributed by atoms with E-state index < -0.39 is 0 Å². The molecule has 0 saturated heterocycles. The molecule has 2 heterocycles. The summed E-state index contributed by atoms with van der Waals surface area (Å²) < 4.78 is 1.85. The lowest BCUT2D eigenvalue weighted by Crippen LogP contribution is -2.26. The first-order chi connectivity index (χ1) is 7.83. The van der Waals surface area contributed by atoms with Gasteiger partial charge in [0.2, 0.25) is 0 Å². The van der Waals surface area contributed by atoms with E-state index >= 15 is 0 Å². The normalized spacial score (nSPS) is 26.1. The summed E-state index contributed by atoms with van der Waals surface area (Å²) in [6.07, 6.45) is 6.39. The molecule has 0 spiro atoms. The van der Waals surface area contributed by atoms with Crippen molar-refractivity contribution in [2.75, 3.05) is 0 Å². The summed E-state index contributed by atoms with van der Waals surface area (Å²) in [6.45, 7) is 0. The average Bonchev–Trinajstić information content (AvgIpc) is 2.73. The summed E-state index contributed by atoms with van der Waals surface area (Å²) in [5, 5.41) is 4.53. The molecule has 2 aromatic rings. The van der Waals surface area contributed by atoms with Crippen LogP contribution in [0.25, 0.3) is 5.65 Å². The Hall–Kier alpha value is -1.42. The van der Waals surface area contributed by atoms with Gasteiger partial charge in [0.05, 0.1) is 0 Å². The second-order valence-electron chi connectivity index (χ2n) is 4.59. The van der Waals surface area contributed by atoms with E-state index in [1.54, 1.807) is 0 Å². The average molecular weight is 216 g/mol. The van der Waals surface area contributed by atoms with E-state index in [1.165, 1.54) is 0 Å². The number of nitrogens with two attached hydrogens (primary N) is 1. The van der Waals surface area contributed by atoms with Gasteiger partial charge in [0.25, 0.3) is 0 Å². The minimum Gasteiger partial charge on any atom is -0.328 e. The van der Waals surface area contributed by atoms with Crippen LogP contribution in [-0.2, 0) is 0 Å². The zero-order valence-electron chi connectivity index (χ0n) is 9.21. The highest BCUT2D eigenvalue weighted by Crippen LogP contribution is 2.30. The Morgan fingerprint density at radius 1 is 1.19 bits per heavy atom. The van der Waals surface area contributed by atoms with Gasteiger partial charge >= 0.3 is 0 Å². The van der Waals surface area contributed by atoms with Crippen LogP contribution in [0.5, 0.6) is 0 Å². The molecule has 0 bridgehead atoms. The molecule has 4 heteroatoms. The molecule has 84 valence electrons. The van der Waals surface area contributed by atoms with Crippen LogP contribution in [0.2, 0.25) is 0 Å². The van der Waals surface area contributed by atoms with Crippen molar-refractivity contribution in [2.45, 2.75) is 37.6 Å². The molecule has 16 heavy (non-hydrogen) atoms. The minimum atomic E-state index is 0.383. The van der Waals surface area contributed by atoms with Crippen molar-refractivity contribution in [3.05, 3.63) is 30.2 Å². The van der Waals surface area contributed by atoms with Crippen LogP contribution >= 0.6 is 0 Å². The summed E-state index contributed by atoms with van der Waals surface area (Å²) in [5.41, 5.74) is 6.84. The highest BCUT2D eigenvalue weighted by atomic mass is 15.3. The Kier molecular flexibility index (Phi) is 2.36. The molecule has 0 radical (unpaired) electrons. The fraction of sp³-hybridized carbons (Fsp3) is 0.500. The number of aromatic nitrogens is 3. The Balaban J connectivity index is 1.88. The second kappa shape index (κ2) is 3.87. The third kappa shape index (κ3) is 1.69. The van der Waals surface area contributed by atoms with Crippen LogP contribution in [-0.4, -0.2) is 20.6 Å². The Morgan fingerprint density at radius 2 is 2.00 bits per heavy atom. The third-order valence-electron chi connectivity index (χ3n) is 3.39. The van der Waals surface area contributed by atoms with Gasteiger partial charge in [-0.25, -0.2) is 9.50 Å². The van der Waals surface area contributed by atoms with Crippen molar-refractivity contribution >= 4 is 5.65 Å². The van der Waals surface area contributed by atoms with Gasteiger partial charge in [-0.3, -0.25) is 0 Å². The molecule has 3 rings (SSSR count). The second-order valence-corrected chi connectivity index (χ2v) is 4.59. The van der Waals surface area contributed by atoms with Gasteiger partial charge in [0, 0.05) is 18.2 Å². The molecule has 0 aliphatic heterocycles. The number of hydrogen-bond acceptors (Lipinski definition) is 3. The van der Waals surface area contributed by atoms with Crippen LogP contribution in [0.1, 0.15) is 37.4 Å². The van der Waals surface area contributed by atoms with Gasteiger partial charge in [-0.05, 0) is 37.8 Å². The standard InChI is InChI=1S/C12H16N4/c13-10-6-4-9(5-7-10)12-14-11-3-1-2-8-16(11)15-12/h1-3,8-10H,4-7,13H2. The van der Waals surface area contributed by atoms with Crippen molar-refractivity contribution in [1.29, 1.82) is 0 Å². The molecule has 1 saturated carbocycles. The topological polar surface area (TPSA) is 56.2 Å². The maximum absolute atomic E-state index is 5.90. The monoisotopic (exact) mass is 216 g/mol. The zero-order chi connectivity index (χ0) is 11.0. The van der Waals surface area contributed by atoms with Crippen molar-refractivity contribution in [1.82, 2.24) is 14.6 Å². The highest BCUT2D eigenvalue weighted by Gasteiger charge is 2.23. The molecule has 0 unspecified atom stereocenters. The van der Waals surface area contributed by atoms with E-state index in [0.717, 1.165) is 37.2 Å². The molecule has 2 N–H and O–H groups in total. The lowest BCUT2D eigenvalue weighted by molar-refractivity contribution is 0.385. The fourth-order valence-electron chi connectivity index (χ4n) is 2.40. The maximum atomic E-state index is 5.90. The van der Waals surface area contributed by atoms with Gasteiger partial charge in [-0.15, -0.1) is 0 Å². The molecule has 0 amide bonds. The van der Waals surface area contributed by atoms with Crippen molar-refractivity contribution in [3.8, 4) is 0 Å². The SMILES string of the molecule is NC1CCC(c2nc3ccccn3n2)CC1. The summed E-state index contributed by atoms with van der Waals surface area (Å²) in [7, 11) is 0. The number of rotatable bonds is 1. The van der Waals surface area contributed by atoms with Crippen molar-refractivity contribution < 1.29 is 0 Å². The molecule has 0 atom stereocenters.